The van der Waals surface area contributed by atoms with Crippen molar-refractivity contribution >= 4 is 21.7 Å². The van der Waals surface area contributed by atoms with Crippen molar-refractivity contribution in [2.45, 2.75) is 49.5 Å². The molecule has 2 aliphatic carbocycles. The molecule has 0 atom stereocenters. The molecule has 2 aromatic carbocycles. The Kier molecular flexibility index (Phi) is 4.15. The summed E-state index contributed by atoms with van der Waals surface area (Å²) in [6.45, 7) is 0. The van der Waals surface area contributed by atoms with Crippen LogP contribution in [0.25, 0.3) is 11.1 Å². The van der Waals surface area contributed by atoms with Crippen molar-refractivity contribution in [2.24, 2.45) is 0 Å². The molecule has 0 saturated heterocycles. The zero-order valence-electron chi connectivity index (χ0n) is 13.3. The van der Waals surface area contributed by atoms with Crippen LogP contribution in [0.1, 0.15) is 43.2 Å². The predicted octanol–water partition coefficient (Wildman–Crippen LogP) is 4.95. The molecule has 0 unspecified atom stereocenters. The van der Waals surface area contributed by atoms with Crippen LogP contribution in [0, 0.1) is 0 Å². The molecule has 2 aliphatic rings. The third-order valence-corrected chi connectivity index (χ3v) is 6.87. The van der Waals surface area contributed by atoms with Gasteiger partial charge in [0, 0.05) is 6.42 Å². The molecule has 0 N–H and O–H groups in total. The van der Waals surface area contributed by atoms with E-state index in [1.54, 1.807) is 6.07 Å². The van der Waals surface area contributed by atoms with Crippen molar-refractivity contribution in [1.82, 2.24) is 0 Å². The van der Waals surface area contributed by atoms with Gasteiger partial charge in [-0.25, -0.2) is 0 Å². The van der Waals surface area contributed by atoms with Crippen LogP contribution in [0.4, 0.5) is 0 Å². The van der Waals surface area contributed by atoms with Gasteiger partial charge in [0.2, 0.25) is 0 Å². The topological polar surface area (TPSA) is 43.4 Å². The number of hydrogen-bond donors (Lipinski definition) is 0. The van der Waals surface area contributed by atoms with Crippen molar-refractivity contribution in [3.8, 4) is 11.1 Å². The molecule has 1 fully saturated rings. The van der Waals surface area contributed by atoms with E-state index < -0.39 is 10.1 Å². The molecule has 24 heavy (non-hydrogen) atoms. The molecular weight excluding hydrogens is 344 g/mol. The summed E-state index contributed by atoms with van der Waals surface area (Å²) in [7, 11) is -3.87. The smallest absolute Gasteiger partial charge is 0.263 e. The summed E-state index contributed by atoms with van der Waals surface area (Å²) >= 11 is 6.29. The lowest BCUT2D eigenvalue weighted by Gasteiger charge is -2.22. The van der Waals surface area contributed by atoms with Crippen LogP contribution in [0.2, 0.25) is 5.02 Å². The fraction of sp³-hybridized carbons (Fsp3) is 0.368. The summed E-state index contributed by atoms with van der Waals surface area (Å²) in [6, 6.07) is 11.6. The minimum atomic E-state index is -3.87. The van der Waals surface area contributed by atoms with Crippen molar-refractivity contribution in [1.29, 1.82) is 0 Å². The number of halogens is 1. The van der Waals surface area contributed by atoms with Crippen LogP contribution >= 0.6 is 11.6 Å². The second kappa shape index (κ2) is 6.17. The molecule has 0 radical (unpaired) electrons. The van der Waals surface area contributed by atoms with Crippen molar-refractivity contribution in [3.05, 3.63) is 52.5 Å². The summed E-state index contributed by atoms with van der Waals surface area (Å²) in [4.78, 5) is 0.156. The molecule has 2 aromatic rings. The molecule has 0 bridgehead atoms. The Labute approximate surface area is 147 Å². The van der Waals surface area contributed by atoms with Gasteiger partial charge < -0.3 is 0 Å². The molecule has 126 valence electrons. The monoisotopic (exact) mass is 362 g/mol. The fourth-order valence-corrected chi connectivity index (χ4v) is 5.71. The number of fused-ring (bicyclic) bond motifs is 3. The Morgan fingerprint density at radius 2 is 1.71 bits per heavy atom. The Morgan fingerprint density at radius 1 is 0.958 bits per heavy atom. The second-order valence-electron chi connectivity index (χ2n) is 6.55. The molecule has 4 rings (SSSR count). The van der Waals surface area contributed by atoms with Crippen molar-refractivity contribution < 1.29 is 12.6 Å². The Hall–Kier alpha value is -1.36. The Balaban J connectivity index is 1.76. The van der Waals surface area contributed by atoms with Crippen LogP contribution in [0.15, 0.2) is 41.3 Å². The highest BCUT2D eigenvalue weighted by Crippen LogP contribution is 2.43. The molecule has 0 spiro atoms. The van der Waals surface area contributed by atoms with Crippen molar-refractivity contribution in [2.75, 3.05) is 0 Å². The fourth-order valence-electron chi connectivity index (χ4n) is 3.81. The van der Waals surface area contributed by atoms with Gasteiger partial charge in [-0.15, -0.1) is 0 Å². The zero-order valence-corrected chi connectivity index (χ0v) is 14.9. The first kappa shape index (κ1) is 16.1. The number of rotatable bonds is 3. The lowest BCUT2D eigenvalue weighted by molar-refractivity contribution is 0.162. The molecule has 1 saturated carbocycles. The maximum absolute atomic E-state index is 12.9. The lowest BCUT2D eigenvalue weighted by atomic mass is 9.98. The summed E-state index contributed by atoms with van der Waals surface area (Å²) < 4.78 is 31.4. The van der Waals surface area contributed by atoms with E-state index in [1.165, 1.54) is 0 Å². The molecule has 3 nitrogen and oxygen atoms in total. The third-order valence-electron chi connectivity index (χ3n) is 4.95. The predicted molar refractivity (Wildman–Crippen MR) is 94.8 cm³/mol. The van der Waals surface area contributed by atoms with E-state index in [-0.39, 0.29) is 16.0 Å². The highest BCUT2D eigenvalue weighted by Gasteiger charge is 2.32. The minimum absolute atomic E-state index is 0.156. The average Bonchev–Trinajstić information content (AvgIpc) is 2.93. The Morgan fingerprint density at radius 3 is 2.50 bits per heavy atom. The molecule has 0 aromatic heterocycles. The van der Waals surface area contributed by atoms with Crippen LogP contribution in [0.3, 0.4) is 0 Å². The molecule has 5 heteroatoms. The lowest BCUT2D eigenvalue weighted by Crippen LogP contribution is -2.22. The molecule has 0 amide bonds. The summed E-state index contributed by atoms with van der Waals surface area (Å²) in [5.74, 6) is 0. The van der Waals surface area contributed by atoms with Gasteiger partial charge in [0.05, 0.1) is 11.1 Å². The first-order valence-electron chi connectivity index (χ1n) is 8.39. The van der Waals surface area contributed by atoms with Crippen LogP contribution in [0.5, 0.6) is 0 Å². The van der Waals surface area contributed by atoms with Gasteiger partial charge in [-0.1, -0.05) is 61.2 Å². The van der Waals surface area contributed by atoms with Gasteiger partial charge in [0.15, 0.2) is 0 Å². The summed E-state index contributed by atoms with van der Waals surface area (Å²) in [5.41, 5.74) is 3.92. The van der Waals surface area contributed by atoms with E-state index in [9.17, 15) is 8.42 Å². The van der Waals surface area contributed by atoms with E-state index >= 15 is 0 Å². The zero-order chi connectivity index (χ0) is 16.7. The van der Waals surface area contributed by atoms with Gasteiger partial charge in [-0.3, -0.25) is 4.18 Å². The summed E-state index contributed by atoms with van der Waals surface area (Å²) in [6.07, 6.45) is 5.14. The average molecular weight is 363 g/mol. The largest absolute Gasteiger partial charge is 0.299 e. The van der Waals surface area contributed by atoms with E-state index in [0.29, 0.717) is 6.42 Å². The molecular formula is C19H19ClO3S. The van der Waals surface area contributed by atoms with Gasteiger partial charge in [-0.2, -0.15) is 8.42 Å². The highest BCUT2D eigenvalue weighted by atomic mass is 35.5. The van der Waals surface area contributed by atoms with Crippen LogP contribution < -0.4 is 0 Å². The standard InChI is InChI=1S/C19H19ClO3S/c20-18-11-10-16-15-9-5-4-6-13(15)12-17(16)19(18)24(21,22)23-14-7-2-1-3-8-14/h4-6,9-11,14H,1-3,7-8,12H2. The maximum atomic E-state index is 12.9. The van der Waals surface area contributed by atoms with Gasteiger partial charge in [0.25, 0.3) is 10.1 Å². The summed E-state index contributed by atoms with van der Waals surface area (Å²) in [5, 5.41) is 0.248. The van der Waals surface area contributed by atoms with E-state index in [4.69, 9.17) is 15.8 Å². The normalized spacial score (nSPS) is 17.5. The Bertz CT molecular complexity index is 883. The van der Waals surface area contributed by atoms with Gasteiger partial charge >= 0.3 is 0 Å². The molecule has 0 heterocycles. The number of hydrogen-bond acceptors (Lipinski definition) is 3. The minimum Gasteiger partial charge on any atom is -0.263 e. The maximum Gasteiger partial charge on any atom is 0.299 e. The van der Waals surface area contributed by atoms with Crippen LogP contribution in [-0.4, -0.2) is 14.5 Å². The SMILES string of the molecule is O=S(=O)(OC1CCCCC1)c1c(Cl)ccc2c1Cc1ccccc1-2. The van der Waals surface area contributed by atoms with E-state index in [1.807, 2.05) is 30.3 Å². The van der Waals surface area contributed by atoms with Crippen LogP contribution in [-0.2, 0) is 20.7 Å². The highest BCUT2D eigenvalue weighted by molar-refractivity contribution is 7.87. The van der Waals surface area contributed by atoms with Gasteiger partial charge in [-0.05, 0) is 41.2 Å². The second-order valence-corrected chi connectivity index (χ2v) is 8.46. The van der Waals surface area contributed by atoms with E-state index in [0.717, 1.165) is 54.4 Å². The quantitative estimate of drug-likeness (QED) is 0.619. The van der Waals surface area contributed by atoms with Gasteiger partial charge in [0.1, 0.15) is 4.90 Å². The first-order valence-corrected chi connectivity index (χ1v) is 10.2. The molecule has 0 aliphatic heterocycles. The van der Waals surface area contributed by atoms with E-state index in [2.05, 4.69) is 0 Å². The third kappa shape index (κ3) is 2.77. The number of benzene rings is 2. The first-order chi connectivity index (χ1) is 11.6. The van der Waals surface area contributed by atoms with Crippen molar-refractivity contribution in [3.63, 3.8) is 0 Å².